The van der Waals surface area contributed by atoms with Gasteiger partial charge in [-0.15, -0.1) is 0 Å². The largest absolute Gasteiger partial charge is 0.352 e. The van der Waals surface area contributed by atoms with Crippen molar-refractivity contribution in [2.24, 2.45) is 0 Å². The van der Waals surface area contributed by atoms with Crippen molar-refractivity contribution in [1.82, 2.24) is 10.2 Å². The molecular weight excluding hydrogens is 188 g/mol. The summed E-state index contributed by atoms with van der Waals surface area (Å²) in [5.74, 6) is 0.00866. The smallest absolute Gasteiger partial charge is 0.251 e. The van der Waals surface area contributed by atoms with Crippen LogP contribution in [-0.2, 0) is 0 Å². The molecule has 1 N–H and O–H groups in total. The van der Waals surface area contributed by atoms with Crippen molar-refractivity contribution in [2.75, 3.05) is 27.2 Å². The Balaban J connectivity index is 2.25. The summed E-state index contributed by atoms with van der Waals surface area (Å²) >= 11 is 0. The quantitative estimate of drug-likeness (QED) is 0.738. The molecule has 0 aliphatic carbocycles. The first-order valence-corrected chi connectivity index (χ1v) is 5.18. The Morgan fingerprint density at radius 1 is 1.27 bits per heavy atom. The van der Waals surface area contributed by atoms with Crippen LogP contribution in [0.4, 0.5) is 0 Å². The van der Waals surface area contributed by atoms with E-state index in [1.54, 1.807) is 0 Å². The van der Waals surface area contributed by atoms with Crippen LogP contribution in [0, 0.1) is 0 Å². The molecule has 1 aromatic carbocycles. The third-order valence-corrected chi connectivity index (χ3v) is 2.10. The number of hydrogen-bond donors (Lipinski definition) is 1. The second kappa shape index (κ2) is 6.19. The Morgan fingerprint density at radius 2 is 1.93 bits per heavy atom. The first-order chi connectivity index (χ1) is 7.20. The van der Waals surface area contributed by atoms with Crippen LogP contribution in [0.5, 0.6) is 0 Å². The zero-order valence-electron chi connectivity index (χ0n) is 9.36. The van der Waals surface area contributed by atoms with Crippen molar-refractivity contribution in [3.63, 3.8) is 0 Å². The van der Waals surface area contributed by atoms with Crippen molar-refractivity contribution >= 4 is 5.91 Å². The van der Waals surface area contributed by atoms with Crippen molar-refractivity contribution in [1.29, 1.82) is 0 Å². The first-order valence-electron chi connectivity index (χ1n) is 5.18. The van der Waals surface area contributed by atoms with E-state index in [0.717, 1.165) is 25.1 Å². The van der Waals surface area contributed by atoms with Crippen molar-refractivity contribution in [2.45, 2.75) is 6.42 Å². The molecule has 3 heteroatoms. The molecule has 0 atom stereocenters. The molecule has 0 heterocycles. The van der Waals surface area contributed by atoms with Gasteiger partial charge in [0.1, 0.15) is 0 Å². The molecule has 0 unspecified atom stereocenters. The van der Waals surface area contributed by atoms with Crippen molar-refractivity contribution < 1.29 is 4.79 Å². The molecule has 0 radical (unpaired) electrons. The molecule has 0 spiro atoms. The van der Waals surface area contributed by atoms with E-state index in [1.807, 2.05) is 44.4 Å². The third-order valence-electron chi connectivity index (χ3n) is 2.10. The van der Waals surface area contributed by atoms with Crippen molar-refractivity contribution in [3.8, 4) is 0 Å². The van der Waals surface area contributed by atoms with Gasteiger partial charge in [-0.25, -0.2) is 0 Å². The molecule has 0 bridgehead atoms. The highest BCUT2D eigenvalue weighted by molar-refractivity contribution is 5.94. The van der Waals surface area contributed by atoms with Crippen LogP contribution < -0.4 is 5.32 Å². The van der Waals surface area contributed by atoms with E-state index in [-0.39, 0.29) is 5.91 Å². The molecule has 1 amide bonds. The minimum atomic E-state index is 0.00866. The Kier molecular flexibility index (Phi) is 4.84. The Bertz CT molecular complexity index is 296. The molecule has 82 valence electrons. The number of carbonyl (C=O) groups excluding carboxylic acids is 1. The first kappa shape index (κ1) is 11.7. The molecular formula is C12H18N2O. The summed E-state index contributed by atoms with van der Waals surface area (Å²) in [6.45, 7) is 1.72. The highest BCUT2D eigenvalue weighted by Crippen LogP contribution is 1.97. The number of amides is 1. The fraction of sp³-hybridized carbons (Fsp3) is 0.417. The Labute approximate surface area is 91.1 Å². The lowest BCUT2D eigenvalue weighted by atomic mass is 10.2. The van der Waals surface area contributed by atoms with Gasteiger partial charge in [-0.2, -0.15) is 0 Å². The minimum Gasteiger partial charge on any atom is -0.352 e. The van der Waals surface area contributed by atoms with Gasteiger partial charge in [-0.05, 0) is 39.2 Å². The fourth-order valence-corrected chi connectivity index (χ4v) is 1.29. The highest BCUT2D eigenvalue weighted by atomic mass is 16.1. The zero-order chi connectivity index (χ0) is 11.1. The van der Waals surface area contributed by atoms with Gasteiger partial charge in [-0.3, -0.25) is 4.79 Å². The summed E-state index contributed by atoms with van der Waals surface area (Å²) < 4.78 is 0. The molecule has 15 heavy (non-hydrogen) atoms. The molecule has 0 fully saturated rings. The van der Waals surface area contributed by atoms with Gasteiger partial charge in [-0.1, -0.05) is 18.2 Å². The molecule has 0 aliphatic heterocycles. The number of carbonyl (C=O) groups is 1. The van der Waals surface area contributed by atoms with E-state index in [0.29, 0.717) is 0 Å². The summed E-state index contributed by atoms with van der Waals surface area (Å²) in [5, 5.41) is 2.89. The lowest BCUT2D eigenvalue weighted by molar-refractivity contribution is 0.0952. The molecule has 0 saturated carbocycles. The van der Waals surface area contributed by atoms with Gasteiger partial charge in [0.15, 0.2) is 0 Å². The lowest BCUT2D eigenvalue weighted by Crippen LogP contribution is -2.26. The van der Waals surface area contributed by atoms with E-state index in [9.17, 15) is 4.79 Å². The average molecular weight is 206 g/mol. The SMILES string of the molecule is CN(C)CCCNC(=O)c1ccccc1. The average Bonchev–Trinajstić information content (AvgIpc) is 2.25. The monoisotopic (exact) mass is 206 g/mol. The normalized spacial score (nSPS) is 10.3. The van der Waals surface area contributed by atoms with E-state index >= 15 is 0 Å². The van der Waals surface area contributed by atoms with Gasteiger partial charge in [0.05, 0.1) is 0 Å². The standard InChI is InChI=1S/C12H18N2O/c1-14(2)10-6-9-13-12(15)11-7-4-3-5-8-11/h3-5,7-8H,6,9-10H2,1-2H3,(H,13,15). The summed E-state index contributed by atoms with van der Waals surface area (Å²) in [5.41, 5.74) is 0.724. The van der Waals surface area contributed by atoms with Crippen LogP contribution in [0.3, 0.4) is 0 Å². The minimum absolute atomic E-state index is 0.00866. The number of nitrogens with zero attached hydrogens (tertiary/aromatic N) is 1. The van der Waals surface area contributed by atoms with Gasteiger partial charge >= 0.3 is 0 Å². The molecule has 3 nitrogen and oxygen atoms in total. The van der Waals surface area contributed by atoms with Gasteiger partial charge in [0, 0.05) is 12.1 Å². The number of benzene rings is 1. The van der Waals surface area contributed by atoms with Crippen LogP contribution in [0.1, 0.15) is 16.8 Å². The molecule has 1 rings (SSSR count). The summed E-state index contributed by atoms with van der Waals surface area (Å²) in [4.78, 5) is 13.7. The van der Waals surface area contributed by atoms with Crippen LogP contribution in [-0.4, -0.2) is 38.0 Å². The predicted octanol–water partition coefficient (Wildman–Crippen LogP) is 1.37. The third kappa shape index (κ3) is 4.61. The molecule has 0 aliphatic rings. The molecule has 0 aromatic heterocycles. The van der Waals surface area contributed by atoms with Crippen LogP contribution in [0.2, 0.25) is 0 Å². The summed E-state index contributed by atoms with van der Waals surface area (Å²) in [6, 6.07) is 9.29. The fourth-order valence-electron chi connectivity index (χ4n) is 1.29. The second-order valence-electron chi connectivity index (χ2n) is 3.78. The van der Waals surface area contributed by atoms with Gasteiger partial charge in [0.2, 0.25) is 0 Å². The van der Waals surface area contributed by atoms with Gasteiger partial charge < -0.3 is 10.2 Å². The van der Waals surface area contributed by atoms with Crippen LogP contribution in [0.25, 0.3) is 0 Å². The highest BCUT2D eigenvalue weighted by Gasteiger charge is 2.02. The number of nitrogens with one attached hydrogen (secondary N) is 1. The maximum Gasteiger partial charge on any atom is 0.251 e. The second-order valence-corrected chi connectivity index (χ2v) is 3.78. The molecule has 0 saturated heterocycles. The van der Waals surface area contributed by atoms with E-state index in [4.69, 9.17) is 0 Å². The maximum atomic E-state index is 11.6. The van der Waals surface area contributed by atoms with Crippen molar-refractivity contribution in [3.05, 3.63) is 35.9 Å². The van der Waals surface area contributed by atoms with Crippen LogP contribution in [0.15, 0.2) is 30.3 Å². The van der Waals surface area contributed by atoms with Gasteiger partial charge in [0.25, 0.3) is 5.91 Å². The summed E-state index contributed by atoms with van der Waals surface area (Å²) in [6.07, 6.45) is 0.978. The number of hydrogen-bond acceptors (Lipinski definition) is 2. The molecule has 1 aromatic rings. The van der Waals surface area contributed by atoms with E-state index in [1.165, 1.54) is 0 Å². The predicted molar refractivity (Wildman–Crippen MR) is 61.9 cm³/mol. The summed E-state index contributed by atoms with van der Waals surface area (Å²) in [7, 11) is 4.05. The Morgan fingerprint density at radius 3 is 2.53 bits per heavy atom. The zero-order valence-corrected chi connectivity index (χ0v) is 9.36. The lowest BCUT2D eigenvalue weighted by Gasteiger charge is -2.09. The maximum absolute atomic E-state index is 11.6. The Hall–Kier alpha value is -1.35. The van der Waals surface area contributed by atoms with E-state index in [2.05, 4.69) is 10.2 Å². The number of rotatable bonds is 5. The topological polar surface area (TPSA) is 32.3 Å². The van der Waals surface area contributed by atoms with E-state index < -0.39 is 0 Å². The van der Waals surface area contributed by atoms with Crippen LogP contribution >= 0.6 is 0 Å².